The summed E-state index contributed by atoms with van der Waals surface area (Å²) in [6.45, 7) is 1.84. The van der Waals surface area contributed by atoms with E-state index in [0.717, 1.165) is 10.0 Å². The number of ether oxygens (including phenoxy) is 2. The molecule has 0 aliphatic heterocycles. The van der Waals surface area contributed by atoms with Crippen molar-refractivity contribution in [3.05, 3.63) is 97.0 Å². The highest BCUT2D eigenvalue weighted by atomic mass is 79.9. The van der Waals surface area contributed by atoms with Crippen LogP contribution in [0.2, 0.25) is 5.02 Å². The van der Waals surface area contributed by atoms with E-state index in [1.54, 1.807) is 43.3 Å². The van der Waals surface area contributed by atoms with E-state index in [9.17, 15) is 10.1 Å². The van der Waals surface area contributed by atoms with Crippen molar-refractivity contribution in [3.63, 3.8) is 0 Å². The average Bonchev–Trinajstić information content (AvgIpc) is 2.83. The first-order valence-electron chi connectivity index (χ1n) is 10.1. The zero-order valence-corrected chi connectivity index (χ0v) is 20.6. The lowest BCUT2D eigenvalue weighted by Crippen LogP contribution is -2.20. The van der Waals surface area contributed by atoms with Crippen molar-refractivity contribution in [2.75, 3.05) is 7.11 Å². The van der Waals surface area contributed by atoms with E-state index in [0.29, 0.717) is 44.4 Å². The molecule has 0 atom stereocenters. The molecule has 0 aliphatic rings. The van der Waals surface area contributed by atoms with Gasteiger partial charge in [0.1, 0.15) is 12.4 Å². The topological polar surface area (TPSA) is 89.5 Å². The minimum absolute atomic E-state index is 0.132. The van der Waals surface area contributed by atoms with E-state index >= 15 is 0 Å². The van der Waals surface area contributed by atoms with Crippen LogP contribution in [0.5, 0.6) is 11.5 Å². The lowest BCUT2D eigenvalue weighted by Gasteiger charge is -2.14. The number of rotatable bonds is 6. The number of methoxy groups -OCH3 is 1. The molecule has 0 spiro atoms. The summed E-state index contributed by atoms with van der Waals surface area (Å²) < 4.78 is 13.5. The Morgan fingerprint density at radius 3 is 2.79 bits per heavy atom. The Morgan fingerprint density at radius 1 is 1.24 bits per heavy atom. The van der Waals surface area contributed by atoms with E-state index in [4.69, 9.17) is 21.1 Å². The van der Waals surface area contributed by atoms with Crippen molar-refractivity contribution >= 4 is 44.6 Å². The van der Waals surface area contributed by atoms with Crippen LogP contribution in [0.3, 0.4) is 0 Å². The fourth-order valence-electron chi connectivity index (χ4n) is 3.41. The van der Waals surface area contributed by atoms with Gasteiger partial charge in [0.05, 0.1) is 35.9 Å². The molecule has 4 rings (SSSR count). The van der Waals surface area contributed by atoms with Gasteiger partial charge in [-0.1, -0.05) is 45.7 Å². The van der Waals surface area contributed by atoms with Gasteiger partial charge in [0.15, 0.2) is 11.5 Å². The Hall–Kier alpha value is -3.67. The number of nitrogens with zero attached hydrogens (tertiary/aromatic N) is 4. The summed E-state index contributed by atoms with van der Waals surface area (Å²) in [6, 6.07) is 17.9. The van der Waals surface area contributed by atoms with E-state index in [1.165, 1.54) is 18.0 Å². The normalized spacial score (nSPS) is 11.0. The van der Waals surface area contributed by atoms with Gasteiger partial charge in [-0.15, -0.1) is 0 Å². The molecule has 0 saturated heterocycles. The van der Waals surface area contributed by atoms with Crippen LogP contribution in [0.1, 0.15) is 22.5 Å². The minimum atomic E-state index is -0.306. The first-order chi connectivity index (χ1) is 16.4. The maximum absolute atomic E-state index is 13.1. The molecule has 3 aromatic carbocycles. The summed E-state index contributed by atoms with van der Waals surface area (Å²) >= 11 is 9.66. The molecule has 170 valence electrons. The van der Waals surface area contributed by atoms with Gasteiger partial charge >= 0.3 is 0 Å². The first-order valence-corrected chi connectivity index (χ1v) is 11.3. The number of nitriles is 1. The molecule has 34 heavy (non-hydrogen) atoms. The third-order valence-electron chi connectivity index (χ3n) is 5.06. The third kappa shape index (κ3) is 4.81. The number of aromatic nitrogens is 2. The number of aryl methyl sites for hydroxylation is 1. The van der Waals surface area contributed by atoms with Crippen molar-refractivity contribution in [1.29, 1.82) is 5.26 Å². The van der Waals surface area contributed by atoms with Crippen LogP contribution in [0, 0.1) is 18.3 Å². The number of halogens is 2. The van der Waals surface area contributed by atoms with Crippen LogP contribution in [0.15, 0.2) is 69.0 Å². The standard InChI is InChI=1S/C25H18BrClN4O3/c1-15-30-22-8-7-19(26)10-21(22)25(32)31(15)29-13-18-9-20(27)11-23(33-2)24(18)34-14-17-6-4-3-5-16(17)12-28/h3-11,13H,14H2,1-2H3. The maximum Gasteiger partial charge on any atom is 0.282 e. The molecule has 0 bridgehead atoms. The van der Waals surface area contributed by atoms with E-state index < -0.39 is 0 Å². The second kappa shape index (κ2) is 10.1. The van der Waals surface area contributed by atoms with Gasteiger partial charge in [-0.3, -0.25) is 4.79 Å². The Bertz CT molecular complexity index is 1530. The van der Waals surface area contributed by atoms with Crippen molar-refractivity contribution in [3.8, 4) is 17.6 Å². The Balaban J connectivity index is 1.76. The second-order valence-electron chi connectivity index (χ2n) is 7.27. The van der Waals surface area contributed by atoms with Crippen LogP contribution in [-0.4, -0.2) is 23.0 Å². The van der Waals surface area contributed by atoms with Crippen molar-refractivity contribution in [1.82, 2.24) is 9.66 Å². The summed E-state index contributed by atoms with van der Waals surface area (Å²) in [6.07, 6.45) is 1.47. The van der Waals surface area contributed by atoms with E-state index in [2.05, 4.69) is 32.1 Å². The fourth-order valence-corrected chi connectivity index (χ4v) is 3.99. The largest absolute Gasteiger partial charge is 0.493 e. The van der Waals surface area contributed by atoms with Gasteiger partial charge in [-0.2, -0.15) is 15.0 Å². The quantitative estimate of drug-likeness (QED) is 0.305. The molecule has 0 aliphatic carbocycles. The van der Waals surface area contributed by atoms with Gasteiger partial charge in [0.25, 0.3) is 5.56 Å². The van der Waals surface area contributed by atoms with Gasteiger partial charge < -0.3 is 9.47 Å². The Morgan fingerprint density at radius 2 is 2.03 bits per heavy atom. The van der Waals surface area contributed by atoms with Crippen molar-refractivity contribution in [2.24, 2.45) is 5.10 Å². The van der Waals surface area contributed by atoms with Gasteiger partial charge in [-0.25, -0.2) is 4.98 Å². The molecule has 7 nitrogen and oxygen atoms in total. The van der Waals surface area contributed by atoms with E-state index in [1.807, 2.05) is 18.2 Å². The first kappa shape index (κ1) is 23.5. The monoisotopic (exact) mass is 536 g/mol. The van der Waals surface area contributed by atoms with Gasteiger partial charge in [-0.05, 0) is 37.3 Å². The fraction of sp³-hybridized carbons (Fsp3) is 0.120. The number of hydrogen-bond acceptors (Lipinski definition) is 6. The summed E-state index contributed by atoms with van der Waals surface area (Å²) in [5.41, 5.74) is 2.02. The predicted molar refractivity (Wildman–Crippen MR) is 135 cm³/mol. The summed E-state index contributed by atoms with van der Waals surface area (Å²) in [4.78, 5) is 17.5. The highest BCUT2D eigenvalue weighted by molar-refractivity contribution is 9.10. The zero-order chi connectivity index (χ0) is 24.2. The molecule has 0 amide bonds. The molecule has 0 unspecified atom stereocenters. The number of benzene rings is 3. The minimum Gasteiger partial charge on any atom is -0.493 e. The number of fused-ring (bicyclic) bond motifs is 1. The maximum atomic E-state index is 13.1. The molecular formula is C25H18BrClN4O3. The highest BCUT2D eigenvalue weighted by Crippen LogP contribution is 2.34. The van der Waals surface area contributed by atoms with Gasteiger partial charge in [0.2, 0.25) is 0 Å². The number of hydrogen-bond donors (Lipinski definition) is 0. The van der Waals surface area contributed by atoms with Gasteiger partial charge in [0, 0.05) is 26.7 Å². The van der Waals surface area contributed by atoms with Crippen LogP contribution in [0.25, 0.3) is 10.9 Å². The third-order valence-corrected chi connectivity index (χ3v) is 5.77. The molecule has 0 N–H and O–H groups in total. The average molecular weight is 538 g/mol. The second-order valence-corrected chi connectivity index (χ2v) is 8.62. The van der Waals surface area contributed by atoms with E-state index in [-0.39, 0.29) is 12.2 Å². The molecule has 1 heterocycles. The van der Waals surface area contributed by atoms with Crippen LogP contribution < -0.4 is 15.0 Å². The lowest BCUT2D eigenvalue weighted by molar-refractivity contribution is 0.284. The highest BCUT2D eigenvalue weighted by Gasteiger charge is 2.14. The summed E-state index contributed by atoms with van der Waals surface area (Å²) in [5.74, 6) is 1.20. The van der Waals surface area contributed by atoms with Crippen LogP contribution in [0.4, 0.5) is 0 Å². The smallest absolute Gasteiger partial charge is 0.282 e. The molecule has 0 radical (unpaired) electrons. The van der Waals surface area contributed by atoms with Crippen LogP contribution >= 0.6 is 27.5 Å². The van der Waals surface area contributed by atoms with Crippen molar-refractivity contribution < 1.29 is 9.47 Å². The SMILES string of the molecule is COc1cc(Cl)cc(C=Nn2c(C)nc3ccc(Br)cc3c2=O)c1OCc1ccccc1C#N. The zero-order valence-electron chi connectivity index (χ0n) is 18.3. The molecule has 0 saturated carbocycles. The molecule has 9 heteroatoms. The molecular weight excluding hydrogens is 520 g/mol. The van der Waals surface area contributed by atoms with Crippen molar-refractivity contribution in [2.45, 2.75) is 13.5 Å². The Labute approximate surface area is 209 Å². The lowest BCUT2D eigenvalue weighted by atomic mass is 10.1. The predicted octanol–water partition coefficient (Wildman–Crippen LogP) is 5.46. The summed E-state index contributed by atoms with van der Waals surface area (Å²) in [7, 11) is 1.50. The summed E-state index contributed by atoms with van der Waals surface area (Å²) in [5, 5.41) is 14.6. The molecule has 1 aromatic heterocycles. The Kier molecular flexibility index (Phi) is 6.96. The van der Waals surface area contributed by atoms with Crippen LogP contribution in [-0.2, 0) is 6.61 Å². The molecule has 4 aromatic rings. The molecule has 0 fully saturated rings.